The van der Waals surface area contributed by atoms with Gasteiger partial charge < -0.3 is 4.55 Å². The van der Waals surface area contributed by atoms with E-state index in [1.54, 1.807) is 18.5 Å². The average Bonchev–Trinajstić information content (AvgIpc) is 2.03. The van der Waals surface area contributed by atoms with Gasteiger partial charge >= 0.3 is 0 Å². The van der Waals surface area contributed by atoms with E-state index in [-0.39, 0.29) is 0 Å². The fraction of sp³-hybridized carbons (Fsp3) is 0.500. The van der Waals surface area contributed by atoms with Crippen LogP contribution < -0.4 is 0 Å². The molecule has 2 rings (SSSR count). The fourth-order valence-corrected chi connectivity index (χ4v) is 2.41. The first-order valence-electron chi connectivity index (χ1n) is 4.14. The lowest BCUT2D eigenvalue weighted by Gasteiger charge is -2.36. The highest BCUT2D eigenvalue weighted by Gasteiger charge is 2.47. The highest BCUT2D eigenvalue weighted by Crippen LogP contribution is 2.43. The number of nitrogens with zero attached hydrogens (tertiary/aromatic N) is 2. The summed E-state index contributed by atoms with van der Waals surface area (Å²) in [4.78, 5) is 8.06. The third kappa shape index (κ3) is 1.28. The monoisotopic (exact) mass is 198 g/mol. The van der Waals surface area contributed by atoms with Crippen molar-refractivity contribution < 1.29 is 8.76 Å². The van der Waals surface area contributed by atoms with Crippen molar-refractivity contribution in [3.05, 3.63) is 24.3 Å². The Balaban J connectivity index is 2.38. The maximum absolute atomic E-state index is 11.1. The Labute approximate surface area is 78.7 Å². The smallest absolute Gasteiger partial charge is 0.167 e. The molecule has 1 fully saturated rings. The van der Waals surface area contributed by atoms with Gasteiger partial charge in [-0.1, -0.05) is 0 Å². The second kappa shape index (κ2) is 3.16. The van der Waals surface area contributed by atoms with Gasteiger partial charge in [0.1, 0.15) is 10.6 Å². The predicted octanol–water partition coefficient (Wildman–Crippen LogP) is 1.08. The first-order valence-corrected chi connectivity index (χ1v) is 5.25. The fourth-order valence-electron chi connectivity index (χ4n) is 1.51. The molecule has 70 valence electrons. The van der Waals surface area contributed by atoms with Crippen LogP contribution in [0.15, 0.2) is 18.5 Å². The van der Waals surface area contributed by atoms with Crippen molar-refractivity contribution in [2.24, 2.45) is 0 Å². The van der Waals surface area contributed by atoms with E-state index < -0.39 is 15.8 Å². The Hall–Kier alpha value is -0.810. The number of rotatable bonds is 2. The lowest BCUT2D eigenvalue weighted by Crippen LogP contribution is -2.40. The van der Waals surface area contributed by atoms with Gasteiger partial charge in [0.2, 0.25) is 0 Å². The van der Waals surface area contributed by atoms with Crippen LogP contribution in [0.5, 0.6) is 0 Å². The lowest BCUT2D eigenvalue weighted by atomic mass is 9.83. The number of hydrogen-bond donors (Lipinski definition) is 1. The minimum atomic E-state index is -1.86. The van der Waals surface area contributed by atoms with Crippen LogP contribution in [0.2, 0.25) is 0 Å². The van der Waals surface area contributed by atoms with Crippen LogP contribution in [-0.2, 0) is 15.8 Å². The Morgan fingerprint density at radius 3 is 2.38 bits per heavy atom. The van der Waals surface area contributed by atoms with E-state index >= 15 is 0 Å². The molecule has 1 saturated carbocycles. The zero-order valence-electron chi connectivity index (χ0n) is 7.01. The molecule has 0 aromatic carbocycles. The molecule has 0 saturated heterocycles. The molecule has 13 heavy (non-hydrogen) atoms. The standard InChI is InChI=1S/C8H10N2O2S/c11-13(12)8(3-1-4-8)7-9-5-2-6-10-7/h2,5-6H,1,3-4H2,(H,11,12). The SMILES string of the molecule is O=S(O)C1(c2ncccn2)CCC1. The van der Waals surface area contributed by atoms with Crippen LogP contribution >= 0.6 is 0 Å². The summed E-state index contributed by atoms with van der Waals surface area (Å²) < 4.78 is 19.6. The summed E-state index contributed by atoms with van der Waals surface area (Å²) in [7, 11) is 0. The van der Waals surface area contributed by atoms with Crippen LogP contribution in [0.3, 0.4) is 0 Å². The molecule has 1 aromatic heterocycles. The summed E-state index contributed by atoms with van der Waals surface area (Å²) in [6, 6.07) is 1.70. The summed E-state index contributed by atoms with van der Waals surface area (Å²) in [5.74, 6) is 0.502. The van der Waals surface area contributed by atoms with Gasteiger partial charge in [-0.05, 0) is 25.3 Å². The second-order valence-corrected chi connectivity index (χ2v) is 4.45. The summed E-state index contributed by atoms with van der Waals surface area (Å²) in [6.45, 7) is 0. The van der Waals surface area contributed by atoms with Crippen molar-refractivity contribution in [3.8, 4) is 0 Å². The zero-order valence-corrected chi connectivity index (χ0v) is 7.83. The van der Waals surface area contributed by atoms with Crippen LogP contribution in [-0.4, -0.2) is 18.7 Å². The summed E-state index contributed by atoms with van der Waals surface area (Å²) in [5.41, 5.74) is 0. The lowest BCUT2D eigenvalue weighted by molar-refractivity contribution is 0.322. The Morgan fingerprint density at radius 2 is 2.00 bits per heavy atom. The summed E-state index contributed by atoms with van der Waals surface area (Å²) >= 11 is -1.86. The molecule has 0 aliphatic heterocycles. The first-order chi connectivity index (χ1) is 6.26. The third-order valence-electron chi connectivity index (χ3n) is 2.47. The molecular formula is C8H10N2O2S. The maximum Gasteiger partial charge on any atom is 0.167 e. The quantitative estimate of drug-likeness (QED) is 0.722. The maximum atomic E-state index is 11.1. The van der Waals surface area contributed by atoms with Crippen molar-refractivity contribution in [1.82, 2.24) is 9.97 Å². The minimum absolute atomic E-state index is 0.502. The van der Waals surface area contributed by atoms with Crippen LogP contribution in [0, 0.1) is 0 Å². The van der Waals surface area contributed by atoms with Crippen molar-refractivity contribution in [1.29, 1.82) is 0 Å². The molecule has 5 heteroatoms. The van der Waals surface area contributed by atoms with Gasteiger partial charge in [-0.2, -0.15) is 0 Å². The molecule has 1 aliphatic rings. The number of aromatic nitrogens is 2. The van der Waals surface area contributed by atoms with Crippen molar-refractivity contribution in [3.63, 3.8) is 0 Å². The zero-order chi connectivity index (χ0) is 9.31. The molecule has 0 spiro atoms. The van der Waals surface area contributed by atoms with Gasteiger partial charge in [-0.3, -0.25) is 0 Å². The summed E-state index contributed by atoms with van der Waals surface area (Å²) in [6.07, 6.45) is 5.61. The third-order valence-corrected chi connectivity index (χ3v) is 3.73. The van der Waals surface area contributed by atoms with Gasteiger partial charge in [-0.25, -0.2) is 14.2 Å². The van der Waals surface area contributed by atoms with Crippen molar-refractivity contribution >= 4 is 11.1 Å². The van der Waals surface area contributed by atoms with Gasteiger partial charge in [0.05, 0.1) is 0 Å². The molecule has 1 heterocycles. The normalized spacial score (nSPS) is 21.9. The highest BCUT2D eigenvalue weighted by molar-refractivity contribution is 7.80. The van der Waals surface area contributed by atoms with E-state index in [9.17, 15) is 4.21 Å². The van der Waals surface area contributed by atoms with Crippen LogP contribution in [0.25, 0.3) is 0 Å². The molecule has 0 radical (unpaired) electrons. The largest absolute Gasteiger partial charge is 0.305 e. The van der Waals surface area contributed by atoms with E-state index in [0.29, 0.717) is 18.7 Å². The second-order valence-electron chi connectivity index (χ2n) is 3.17. The number of hydrogen-bond acceptors (Lipinski definition) is 3. The Bertz CT molecular complexity index is 324. The minimum Gasteiger partial charge on any atom is -0.305 e. The predicted molar refractivity (Wildman–Crippen MR) is 48.3 cm³/mol. The van der Waals surface area contributed by atoms with Crippen LogP contribution in [0.1, 0.15) is 25.1 Å². The van der Waals surface area contributed by atoms with E-state index in [4.69, 9.17) is 4.55 Å². The molecule has 1 aromatic rings. The van der Waals surface area contributed by atoms with Gasteiger partial charge in [0.25, 0.3) is 0 Å². The van der Waals surface area contributed by atoms with E-state index in [2.05, 4.69) is 9.97 Å². The Morgan fingerprint density at radius 1 is 1.38 bits per heavy atom. The van der Waals surface area contributed by atoms with E-state index in [0.717, 1.165) is 6.42 Å². The molecule has 1 N–H and O–H groups in total. The van der Waals surface area contributed by atoms with E-state index in [1.807, 2.05) is 0 Å². The molecule has 0 amide bonds. The first kappa shape index (κ1) is 8.77. The molecule has 1 unspecified atom stereocenters. The Kier molecular flexibility index (Phi) is 2.13. The molecule has 1 aliphatic carbocycles. The van der Waals surface area contributed by atoms with E-state index in [1.165, 1.54) is 0 Å². The highest BCUT2D eigenvalue weighted by atomic mass is 32.2. The molecule has 4 nitrogen and oxygen atoms in total. The molecule has 0 bridgehead atoms. The van der Waals surface area contributed by atoms with Gasteiger partial charge in [-0.15, -0.1) is 0 Å². The van der Waals surface area contributed by atoms with Crippen LogP contribution in [0.4, 0.5) is 0 Å². The van der Waals surface area contributed by atoms with Gasteiger partial charge in [0, 0.05) is 12.4 Å². The van der Waals surface area contributed by atoms with Crippen molar-refractivity contribution in [2.75, 3.05) is 0 Å². The average molecular weight is 198 g/mol. The summed E-state index contributed by atoms with van der Waals surface area (Å²) in [5, 5.41) is 0. The molecular weight excluding hydrogens is 188 g/mol. The molecule has 1 atom stereocenters. The van der Waals surface area contributed by atoms with Crippen molar-refractivity contribution in [2.45, 2.75) is 24.0 Å². The van der Waals surface area contributed by atoms with Gasteiger partial charge in [0.15, 0.2) is 11.1 Å². The topological polar surface area (TPSA) is 63.1 Å².